The zero-order chi connectivity index (χ0) is 14.1. The van der Waals surface area contributed by atoms with Crippen LogP contribution in [0.5, 0.6) is 0 Å². The molecule has 3 rings (SSSR count). The van der Waals surface area contributed by atoms with Gasteiger partial charge in [0.15, 0.2) is 5.69 Å². The summed E-state index contributed by atoms with van der Waals surface area (Å²) >= 11 is 5.49. The van der Waals surface area contributed by atoms with Gasteiger partial charge in [0, 0.05) is 6.92 Å². The molecule has 0 aliphatic rings. The van der Waals surface area contributed by atoms with Crippen molar-refractivity contribution in [2.75, 3.05) is 0 Å². The third-order valence-corrected chi connectivity index (χ3v) is 5.12. The van der Waals surface area contributed by atoms with E-state index in [1.165, 1.54) is 27.4 Å². The quantitative estimate of drug-likeness (QED) is 0.571. The van der Waals surface area contributed by atoms with E-state index in [2.05, 4.69) is 82.3 Å². The normalized spacial score (nSPS) is 10.8. The van der Waals surface area contributed by atoms with Crippen molar-refractivity contribution in [3.63, 3.8) is 0 Å². The predicted molar refractivity (Wildman–Crippen MR) is 88.5 cm³/mol. The van der Waals surface area contributed by atoms with Crippen LogP contribution >= 0.6 is 27.3 Å². The van der Waals surface area contributed by atoms with Gasteiger partial charge >= 0.3 is 0 Å². The summed E-state index contributed by atoms with van der Waals surface area (Å²) in [6, 6.07) is 16.9. The molecule has 1 nitrogen and oxygen atoms in total. The van der Waals surface area contributed by atoms with Gasteiger partial charge in [0.25, 0.3) is 0 Å². The summed E-state index contributed by atoms with van der Waals surface area (Å²) in [5.41, 5.74) is 7.15. The Kier molecular flexibility index (Phi) is 3.72. The maximum absolute atomic E-state index is 3.71. The van der Waals surface area contributed by atoms with E-state index < -0.39 is 0 Å². The van der Waals surface area contributed by atoms with E-state index in [1.807, 2.05) is 6.07 Å². The van der Waals surface area contributed by atoms with Crippen molar-refractivity contribution < 1.29 is 4.57 Å². The fourth-order valence-corrected chi connectivity index (χ4v) is 3.65. The second-order valence-corrected chi connectivity index (χ2v) is 6.65. The predicted octanol–water partition coefficient (Wildman–Crippen LogP) is 5.07. The highest BCUT2D eigenvalue weighted by Crippen LogP contribution is 2.30. The number of benzene rings is 2. The maximum atomic E-state index is 3.71. The molecule has 0 aliphatic heterocycles. The highest BCUT2D eigenvalue weighted by Gasteiger charge is 2.22. The lowest BCUT2D eigenvalue weighted by atomic mass is 10.0. The third-order valence-electron chi connectivity index (χ3n) is 3.52. The molecule has 0 aliphatic carbocycles. The Hall–Kier alpha value is -1.45. The van der Waals surface area contributed by atoms with Crippen LogP contribution in [0.3, 0.4) is 0 Å². The lowest BCUT2D eigenvalue weighted by Gasteiger charge is -2.06. The molecule has 0 saturated heterocycles. The number of hydrogen-bond donors (Lipinski definition) is 0. The zero-order valence-corrected chi connectivity index (χ0v) is 13.8. The largest absolute Gasteiger partial charge is 0.233 e. The van der Waals surface area contributed by atoms with Crippen LogP contribution in [0.15, 0.2) is 58.5 Å². The molecule has 0 fully saturated rings. The van der Waals surface area contributed by atoms with Crippen LogP contribution in [-0.4, -0.2) is 0 Å². The number of nitrogens with zero attached hydrogens (tertiary/aromatic N) is 1. The first kappa shape index (κ1) is 13.5. The van der Waals surface area contributed by atoms with Crippen molar-refractivity contribution in [1.82, 2.24) is 0 Å². The topological polar surface area (TPSA) is 3.88 Å². The third kappa shape index (κ3) is 2.32. The minimum absolute atomic E-state index is 1.12. The number of para-hydroxylation sites is 1. The van der Waals surface area contributed by atoms with Gasteiger partial charge in [0.05, 0.1) is 14.9 Å². The van der Waals surface area contributed by atoms with E-state index in [0.717, 1.165) is 4.47 Å². The molecule has 0 spiro atoms. The number of thiazole rings is 1. The first-order chi connectivity index (χ1) is 9.68. The molecule has 1 heterocycles. The molecule has 3 aromatic rings. The monoisotopic (exact) mass is 344 g/mol. The van der Waals surface area contributed by atoms with Gasteiger partial charge in [-0.3, -0.25) is 0 Å². The highest BCUT2D eigenvalue weighted by atomic mass is 79.9. The highest BCUT2D eigenvalue weighted by molar-refractivity contribution is 9.10. The van der Waals surface area contributed by atoms with Crippen molar-refractivity contribution in [3.8, 4) is 16.8 Å². The lowest BCUT2D eigenvalue weighted by Crippen LogP contribution is -2.32. The smallest absolute Gasteiger partial charge is 0.153 e. The van der Waals surface area contributed by atoms with Gasteiger partial charge in [-0.15, -0.1) is 0 Å². The van der Waals surface area contributed by atoms with Crippen molar-refractivity contribution in [2.24, 2.45) is 0 Å². The van der Waals surface area contributed by atoms with Gasteiger partial charge < -0.3 is 0 Å². The first-order valence-corrected chi connectivity index (χ1v) is 8.16. The summed E-state index contributed by atoms with van der Waals surface area (Å²) in [6.07, 6.45) is 0. The van der Waals surface area contributed by atoms with Gasteiger partial charge in [-0.25, -0.2) is 0 Å². The molecule has 0 unspecified atom stereocenters. The molecule has 0 radical (unpaired) electrons. The lowest BCUT2D eigenvalue weighted by molar-refractivity contribution is -0.597. The number of aromatic nitrogens is 1. The van der Waals surface area contributed by atoms with E-state index in [4.69, 9.17) is 0 Å². The average molecular weight is 345 g/mol. The second-order valence-electron chi connectivity index (χ2n) is 4.74. The molecule has 0 N–H and O–H groups in total. The van der Waals surface area contributed by atoms with Crippen LogP contribution < -0.4 is 4.57 Å². The Labute approximate surface area is 131 Å². The van der Waals surface area contributed by atoms with Crippen molar-refractivity contribution in [3.05, 3.63) is 69.1 Å². The van der Waals surface area contributed by atoms with Crippen molar-refractivity contribution >= 4 is 27.3 Å². The summed E-state index contributed by atoms with van der Waals surface area (Å²) < 4.78 is 3.39. The van der Waals surface area contributed by atoms with Gasteiger partial charge in [0.2, 0.25) is 11.2 Å². The summed E-state index contributed by atoms with van der Waals surface area (Å²) in [5.74, 6) is 0. The zero-order valence-electron chi connectivity index (χ0n) is 11.4. The number of aryl methyl sites for hydroxylation is 1. The molecular weight excluding hydrogens is 330 g/mol. The van der Waals surface area contributed by atoms with Crippen LogP contribution in [-0.2, 0) is 0 Å². The molecular formula is C17H15BrNS+. The summed E-state index contributed by atoms with van der Waals surface area (Å²) in [4.78, 5) is 1.35. The molecule has 0 saturated carbocycles. The van der Waals surface area contributed by atoms with Crippen LogP contribution in [0.1, 0.15) is 10.6 Å². The van der Waals surface area contributed by atoms with E-state index in [9.17, 15) is 0 Å². The fraction of sp³-hybridized carbons (Fsp3) is 0.118. The first-order valence-electron chi connectivity index (χ1n) is 6.49. The van der Waals surface area contributed by atoms with Crippen LogP contribution in [0.2, 0.25) is 0 Å². The molecule has 0 amide bonds. The number of halogens is 1. The number of hydrogen-bond acceptors (Lipinski definition) is 1. The minimum atomic E-state index is 1.12. The van der Waals surface area contributed by atoms with E-state index in [-0.39, 0.29) is 0 Å². The average Bonchev–Trinajstić information content (AvgIpc) is 2.80. The maximum Gasteiger partial charge on any atom is 0.233 e. The SMILES string of the molecule is Cc1sc[n+](-c2c(Br)cccc2-c2ccccc2)c1C. The molecule has 3 heteroatoms. The van der Waals surface area contributed by atoms with E-state index in [0.29, 0.717) is 0 Å². The fourth-order valence-electron chi connectivity index (χ4n) is 2.30. The molecule has 2 aromatic carbocycles. The van der Waals surface area contributed by atoms with Gasteiger partial charge in [-0.2, -0.15) is 4.57 Å². The van der Waals surface area contributed by atoms with Crippen LogP contribution in [0.4, 0.5) is 0 Å². The minimum Gasteiger partial charge on any atom is -0.153 e. The Bertz CT molecular complexity index is 747. The summed E-state index contributed by atoms with van der Waals surface area (Å²) in [5, 5.41) is 0. The Morgan fingerprint density at radius 2 is 1.70 bits per heavy atom. The molecule has 0 atom stereocenters. The summed E-state index contributed by atoms with van der Waals surface area (Å²) in [6.45, 7) is 4.33. The summed E-state index contributed by atoms with van der Waals surface area (Å²) in [7, 11) is 0. The van der Waals surface area contributed by atoms with Crippen molar-refractivity contribution in [2.45, 2.75) is 13.8 Å². The molecule has 1 aromatic heterocycles. The Morgan fingerprint density at radius 3 is 2.35 bits per heavy atom. The molecule has 20 heavy (non-hydrogen) atoms. The Balaban J connectivity index is 2.28. The molecule has 0 bridgehead atoms. The van der Waals surface area contributed by atoms with Crippen LogP contribution in [0, 0.1) is 13.8 Å². The van der Waals surface area contributed by atoms with Crippen LogP contribution in [0.25, 0.3) is 16.8 Å². The standard InChI is InChI=1S/C17H15BrNS/c1-12-13(2)20-11-19(12)17-15(9-6-10-16(17)18)14-7-4-3-5-8-14/h3-11H,1-2H3/q+1. The molecule has 100 valence electrons. The number of rotatable bonds is 2. The van der Waals surface area contributed by atoms with Crippen molar-refractivity contribution in [1.29, 1.82) is 0 Å². The van der Waals surface area contributed by atoms with Gasteiger partial charge in [-0.05, 0) is 40.5 Å². The van der Waals surface area contributed by atoms with E-state index in [1.54, 1.807) is 11.3 Å². The second kappa shape index (κ2) is 5.51. The van der Waals surface area contributed by atoms with Gasteiger partial charge in [-0.1, -0.05) is 47.7 Å². The Morgan fingerprint density at radius 1 is 0.950 bits per heavy atom. The van der Waals surface area contributed by atoms with E-state index >= 15 is 0 Å². The van der Waals surface area contributed by atoms with Gasteiger partial charge in [0.1, 0.15) is 0 Å².